The molecule has 1 unspecified atom stereocenters. The maximum Gasteiger partial charge on any atom is 0.280 e. The van der Waals surface area contributed by atoms with Crippen molar-refractivity contribution in [1.29, 1.82) is 0 Å². The highest BCUT2D eigenvalue weighted by Gasteiger charge is 2.17. The molecule has 0 saturated heterocycles. The number of carbonyl (C=O) groups is 1. The summed E-state index contributed by atoms with van der Waals surface area (Å²) in [6.07, 6.45) is -0.304. The van der Waals surface area contributed by atoms with Gasteiger partial charge in [-0.15, -0.1) is 11.3 Å². The molecule has 1 aromatic heterocycles. The molecule has 1 heterocycles. The lowest BCUT2D eigenvalue weighted by Gasteiger charge is -2.17. The Morgan fingerprint density at radius 2 is 2.00 bits per heavy atom. The van der Waals surface area contributed by atoms with E-state index in [9.17, 15) is 4.79 Å². The maximum atomic E-state index is 12.3. The summed E-state index contributed by atoms with van der Waals surface area (Å²) in [4.78, 5) is 16.6. The van der Waals surface area contributed by atoms with Gasteiger partial charge in [-0.2, -0.15) is 0 Å². The average molecular weight is 347 g/mol. The summed E-state index contributed by atoms with van der Waals surface area (Å²) < 4.78 is 6.44. The van der Waals surface area contributed by atoms with Crippen LogP contribution in [0.3, 0.4) is 0 Å². The van der Waals surface area contributed by atoms with Gasteiger partial charge >= 0.3 is 0 Å². The van der Waals surface area contributed by atoms with E-state index in [1.54, 1.807) is 13.2 Å². The van der Waals surface area contributed by atoms with E-state index in [4.69, 9.17) is 16.3 Å². The predicted molar refractivity (Wildman–Crippen MR) is 93.2 cm³/mol. The maximum absolute atomic E-state index is 12.3. The molecule has 0 spiro atoms. The third kappa shape index (κ3) is 3.52. The molecule has 3 aromatic rings. The molecular weight excluding hydrogens is 332 g/mol. The van der Waals surface area contributed by atoms with E-state index in [0.29, 0.717) is 16.6 Å². The number of halogens is 1. The number of rotatable bonds is 5. The minimum Gasteiger partial charge on any atom is -0.375 e. The van der Waals surface area contributed by atoms with Crippen molar-refractivity contribution < 1.29 is 9.53 Å². The molecule has 23 heavy (non-hydrogen) atoms. The first-order valence-electron chi connectivity index (χ1n) is 7.10. The summed E-state index contributed by atoms with van der Waals surface area (Å²) >= 11 is 7.55. The Bertz CT molecular complexity index is 801. The zero-order valence-corrected chi connectivity index (χ0v) is 14.0. The Labute approximate surface area is 143 Å². The van der Waals surface area contributed by atoms with E-state index in [0.717, 1.165) is 15.8 Å². The fourth-order valence-corrected chi connectivity index (χ4v) is 3.43. The molecular formula is C17H15ClN2O2S. The second kappa shape index (κ2) is 7.08. The van der Waals surface area contributed by atoms with Crippen molar-refractivity contribution in [3.63, 3.8) is 0 Å². The summed E-state index contributed by atoms with van der Waals surface area (Å²) in [7, 11) is 1.60. The van der Waals surface area contributed by atoms with Crippen LogP contribution < -0.4 is 5.32 Å². The molecule has 1 atom stereocenters. The summed E-state index contributed by atoms with van der Waals surface area (Å²) in [5.41, 5.74) is 1.68. The smallest absolute Gasteiger partial charge is 0.280 e. The van der Waals surface area contributed by atoms with Gasteiger partial charge in [0.25, 0.3) is 5.91 Å². The van der Waals surface area contributed by atoms with Crippen LogP contribution in [-0.4, -0.2) is 24.5 Å². The zero-order chi connectivity index (χ0) is 16.2. The molecule has 1 N–H and O–H groups in total. The van der Waals surface area contributed by atoms with Gasteiger partial charge < -0.3 is 10.1 Å². The SMILES string of the molecule is COC(CNC(=O)c1nc2ccccc2s1)c1ccccc1Cl. The van der Waals surface area contributed by atoms with Gasteiger partial charge in [-0.25, -0.2) is 4.98 Å². The fraction of sp³-hybridized carbons (Fsp3) is 0.176. The Balaban J connectivity index is 1.71. The number of hydrogen-bond donors (Lipinski definition) is 1. The second-order valence-corrected chi connectivity index (χ2v) is 6.38. The normalized spacial score (nSPS) is 12.3. The summed E-state index contributed by atoms with van der Waals surface area (Å²) in [6.45, 7) is 0.328. The van der Waals surface area contributed by atoms with Crippen LogP contribution in [0.15, 0.2) is 48.5 Å². The largest absolute Gasteiger partial charge is 0.375 e. The quantitative estimate of drug-likeness (QED) is 0.757. The highest BCUT2D eigenvalue weighted by molar-refractivity contribution is 7.20. The van der Waals surface area contributed by atoms with Gasteiger partial charge in [-0.3, -0.25) is 4.79 Å². The van der Waals surface area contributed by atoms with Gasteiger partial charge in [0.1, 0.15) is 6.10 Å². The standard InChI is InChI=1S/C17H15ClN2O2S/c1-22-14(11-6-2-3-7-12(11)18)10-19-16(21)17-20-13-8-4-5-9-15(13)23-17/h2-9,14H,10H2,1H3,(H,19,21). The third-order valence-electron chi connectivity index (χ3n) is 3.47. The second-order valence-electron chi connectivity index (χ2n) is 4.94. The molecule has 118 valence electrons. The number of carbonyl (C=O) groups excluding carboxylic acids is 1. The highest BCUT2D eigenvalue weighted by Crippen LogP contribution is 2.25. The summed E-state index contributed by atoms with van der Waals surface area (Å²) in [5.74, 6) is -0.208. The average Bonchev–Trinajstić information content (AvgIpc) is 3.01. The zero-order valence-electron chi connectivity index (χ0n) is 12.5. The van der Waals surface area contributed by atoms with Crippen LogP contribution >= 0.6 is 22.9 Å². The first-order valence-corrected chi connectivity index (χ1v) is 8.29. The van der Waals surface area contributed by atoms with Crippen molar-refractivity contribution in [3.05, 3.63) is 64.1 Å². The molecule has 0 fully saturated rings. The lowest BCUT2D eigenvalue weighted by atomic mass is 10.1. The molecule has 0 aliphatic carbocycles. The van der Waals surface area contributed by atoms with Crippen LogP contribution in [0.1, 0.15) is 21.5 Å². The minimum atomic E-state index is -0.304. The van der Waals surface area contributed by atoms with Crippen molar-refractivity contribution in [3.8, 4) is 0 Å². The number of benzene rings is 2. The fourth-order valence-electron chi connectivity index (χ4n) is 2.29. The number of hydrogen-bond acceptors (Lipinski definition) is 4. The Hall–Kier alpha value is -1.95. The lowest BCUT2D eigenvalue weighted by Crippen LogP contribution is -2.29. The predicted octanol–water partition coefficient (Wildman–Crippen LogP) is 4.07. The Morgan fingerprint density at radius 1 is 1.26 bits per heavy atom. The van der Waals surface area contributed by atoms with Crippen LogP contribution in [0, 0.1) is 0 Å². The number of fused-ring (bicyclic) bond motifs is 1. The molecule has 3 rings (SSSR count). The number of para-hydroxylation sites is 1. The Kier molecular flexibility index (Phi) is 4.91. The molecule has 0 bridgehead atoms. The van der Waals surface area contributed by atoms with Crippen molar-refractivity contribution >= 4 is 39.1 Å². The third-order valence-corrected chi connectivity index (χ3v) is 4.85. The van der Waals surface area contributed by atoms with Gasteiger partial charge in [0, 0.05) is 24.2 Å². The summed E-state index contributed by atoms with van der Waals surface area (Å²) in [5, 5.41) is 3.93. The van der Waals surface area contributed by atoms with E-state index in [-0.39, 0.29) is 12.0 Å². The van der Waals surface area contributed by atoms with E-state index in [1.165, 1.54) is 11.3 Å². The van der Waals surface area contributed by atoms with E-state index in [1.807, 2.05) is 42.5 Å². The molecule has 6 heteroatoms. The number of nitrogens with zero attached hydrogens (tertiary/aromatic N) is 1. The van der Waals surface area contributed by atoms with E-state index in [2.05, 4.69) is 10.3 Å². The number of methoxy groups -OCH3 is 1. The number of ether oxygens (including phenoxy) is 1. The van der Waals surface area contributed by atoms with E-state index >= 15 is 0 Å². The van der Waals surface area contributed by atoms with Crippen molar-refractivity contribution in [2.75, 3.05) is 13.7 Å². The minimum absolute atomic E-state index is 0.208. The molecule has 0 aliphatic heterocycles. The van der Waals surface area contributed by atoms with Crippen molar-refractivity contribution in [2.45, 2.75) is 6.10 Å². The highest BCUT2D eigenvalue weighted by atomic mass is 35.5. The molecule has 2 aromatic carbocycles. The molecule has 0 saturated carbocycles. The van der Waals surface area contributed by atoms with Gasteiger partial charge in [-0.1, -0.05) is 41.9 Å². The number of nitrogens with one attached hydrogen (secondary N) is 1. The van der Waals surface area contributed by atoms with Gasteiger partial charge in [-0.05, 0) is 18.2 Å². The molecule has 0 aliphatic rings. The first-order chi connectivity index (χ1) is 11.2. The lowest BCUT2D eigenvalue weighted by molar-refractivity contribution is 0.0828. The van der Waals surface area contributed by atoms with Gasteiger partial charge in [0.05, 0.1) is 10.2 Å². The van der Waals surface area contributed by atoms with Gasteiger partial charge in [0.2, 0.25) is 0 Å². The first kappa shape index (κ1) is 15.9. The topological polar surface area (TPSA) is 51.2 Å². The van der Waals surface area contributed by atoms with Crippen LogP contribution in [0.4, 0.5) is 0 Å². The molecule has 4 nitrogen and oxygen atoms in total. The van der Waals surface area contributed by atoms with Crippen LogP contribution in [-0.2, 0) is 4.74 Å². The van der Waals surface area contributed by atoms with Crippen LogP contribution in [0.2, 0.25) is 5.02 Å². The molecule has 0 radical (unpaired) electrons. The number of amides is 1. The van der Waals surface area contributed by atoms with Crippen LogP contribution in [0.5, 0.6) is 0 Å². The Morgan fingerprint density at radius 3 is 2.74 bits per heavy atom. The molecule has 1 amide bonds. The monoisotopic (exact) mass is 346 g/mol. The van der Waals surface area contributed by atoms with Crippen LogP contribution in [0.25, 0.3) is 10.2 Å². The van der Waals surface area contributed by atoms with Crippen molar-refractivity contribution in [2.24, 2.45) is 0 Å². The number of aromatic nitrogens is 1. The van der Waals surface area contributed by atoms with Gasteiger partial charge in [0.15, 0.2) is 5.01 Å². The van der Waals surface area contributed by atoms with E-state index < -0.39 is 0 Å². The number of thiazole rings is 1. The summed E-state index contributed by atoms with van der Waals surface area (Å²) in [6, 6.07) is 15.1. The van der Waals surface area contributed by atoms with Crippen molar-refractivity contribution in [1.82, 2.24) is 10.3 Å².